The van der Waals surface area contributed by atoms with Gasteiger partial charge in [0.2, 0.25) is 0 Å². The van der Waals surface area contributed by atoms with E-state index in [4.69, 9.17) is 4.74 Å². The van der Waals surface area contributed by atoms with Crippen LogP contribution in [0.3, 0.4) is 0 Å². The summed E-state index contributed by atoms with van der Waals surface area (Å²) in [5.41, 5.74) is -0.512. The molecule has 2 N–H and O–H groups in total. The van der Waals surface area contributed by atoms with Crippen molar-refractivity contribution < 1.29 is 13.9 Å². The van der Waals surface area contributed by atoms with Crippen LogP contribution in [0.25, 0.3) is 0 Å². The van der Waals surface area contributed by atoms with Gasteiger partial charge < -0.3 is 15.4 Å². The van der Waals surface area contributed by atoms with E-state index in [0.717, 1.165) is 4.88 Å². The largest absolute Gasteiger partial charge is 0.372 e. The number of urea groups is 1. The Morgan fingerprint density at radius 3 is 2.68 bits per heavy atom. The number of carbonyl (C=O) groups is 1. The summed E-state index contributed by atoms with van der Waals surface area (Å²) in [6, 6.07) is 9.97. The molecule has 0 radical (unpaired) electrons. The van der Waals surface area contributed by atoms with Crippen LogP contribution in [0.5, 0.6) is 0 Å². The molecule has 2 amide bonds. The molecule has 0 spiro atoms. The third-order valence-corrected chi connectivity index (χ3v) is 4.36. The maximum Gasteiger partial charge on any atom is 0.315 e. The van der Waals surface area contributed by atoms with E-state index in [0.29, 0.717) is 12.1 Å². The summed E-state index contributed by atoms with van der Waals surface area (Å²) in [6.07, 6.45) is 0. The SMILES string of the molecule is CO[C@](C)(CNC(=O)NCc1cccs1)c1ccccc1F. The second-order valence-electron chi connectivity index (χ2n) is 5.03. The monoisotopic (exact) mass is 322 g/mol. The van der Waals surface area contributed by atoms with Gasteiger partial charge in [0.25, 0.3) is 0 Å². The van der Waals surface area contributed by atoms with Crippen molar-refractivity contribution in [1.82, 2.24) is 10.6 Å². The lowest BCUT2D eigenvalue weighted by molar-refractivity contribution is 0.00203. The van der Waals surface area contributed by atoms with Gasteiger partial charge in [0.15, 0.2) is 0 Å². The highest BCUT2D eigenvalue weighted by atomic mass is 32.1. The molecular formula is C16H19FN2O2S. The highest BCUT2D eigenvalue weighted by molar-refractivity contribution is 7.09. The maximum absolute atomic E-state index is 13.9. The molecule has 2 rings (SSSR count). The molecule has 4 nitrogen and oxygen atoms in total. The van der Waals surface area contributed by atoms with E-state index in [1.54, 1.807) is 36.5 Å². The Morgan fingerprint density at radius 2 is 2.05 bits per heavy atom. The van der Waals surface area contributed by atoms with Gasteiger partial charge in [-0.2, -0.15) is 0 Å². The zero-order valence-electron chi connectivity index (χ0n) is 12.6. The molecule has 22 heavy (non-hydrogen) atoms. The Morgan fingerprint density at radius 1 is 1.27 bits per heavy atom. The molecule has 0 aliphatic heterocycles. The Labute approximate surface area is 133 Å². The van der Waals surface area contributed by atoms with E-state index in [2.05, 4.69) is 10.6 Å². The van der Waals surface area contributed by atoms with Gasteiger partial charge in [0, 0.05) is 17.6 Å². The molecule has 1 heterocycles. The first kappa shape index (κ1) is 16.5. The number of methoxy groups -OCH3 is 1. The van der Waals surface area contributed by atoms with E-state index in [9.17, 15) is 9.18 Å². The van der Waals surface area contributed by atoms with Gasteiger partial charge in [0.1, 0.15) is 11.4 Å². The first-order valence-electron chi connectivity index (χ1n) is 6.89. The second-order valence-corrected chi connectivity index (χ2v) is 6.06. The predicted molar refractivity (Wildman–Crippen MR) is 85.3 cm³/mol. The van der Waals surface area contributed by atoms with Gasteiger partial charge in [-0.05, 0) is 24.4 Å². The molecule has 118 valence electrons. The molecule has 0 fully saturated rings. The van der Waals surface area contributed by atoms with Gasteiger partial charge >= 0.3 is 6.03 Å². The Bertz CT molecular complexity index is 618. The van der Waals surface area contributed by atoms with Crippen molar-refractivity contribution in [2.24, 2.45) is 0 Å². The van der Waals surface area contributed by atoms with Crippen LogP contribution in [0.4, 0.5) is 9.18 Å². The Balaban J connectivity index is 1.92. The predicted octanol–water partition coefficient (Wildman–Crippen LogP) is 3.25. The number of nitrogens with one attached hydrogen (secondary N) is 2. The molecule has 2 aromatic rings. The number of hydrogen-bond acceptors (Lipinski definition) is 3. The minimum Gasteiger partial charge on any atom is -0.372 e. The van der Waals surface area contributed by atoms with Crippen LogP contribution in [0.1, 0.15) is 17.4 Å². The normalized spacial score (nSPS) is 13.4. The molecule has 0 bridgehead atoms. The fourth-order valence-corrected chi connectivity index (χ4v) is 2.70. The van der Waals surface area contributed by atoms with E-state index in [1.165, 1.54) is 13.2 Å². The van der Waals surface area contributed by atoms with Crippen molar-refractivity contribution in [3.63, 3.8) is 0 Å². The van der Waals surface area contributed by atoms with Gasteiger partial charge in [-0.3, -0.25) is 0 Å². The number of halogens is 1. The highest BCUT2D eigenvalue weighted by Crippen LogP contribution is 2.26. The number of benzene rings is 1. The summed E-state index contributed by atoms with van der Waals surface area (Å²) < 4.78 is 19.3. The lowest BCUT2D eigenvalue weighted by Crippen LogP contribution is -2.44. The van der Waals surface area contributed by atoms with Crippen LogP contribution >= 0.6 is 11.3 Å². The van der Waals surface area contributed by atoms with Gasteiger partial charge in [-0.15, -0.1) is 11.3 Å². The molecule has 0 saturated carbocycles. The number of carbonyl (C=O) groups excluding carboxylic acids is 1. The summed E-state index contributed by atoms with van der Waals surface area (Å²) >= 11 is 1.58. The zero-order valence-corrected chi connectivity index (χ0v) is 13.4. The van der Waals surface area contributed by atoms with Crippen molar-refractivity contribution in [3.8, 4) is 0 Å². The molecular weight excluding hydrogens is 303 g/mol. The number of hydrogen-bond donors (Lipinski definition) is 2. The fourth-order valence-electron chi connectivity index (χ4n) is 2.06. The van der Waals surface area contributed by atoms with E-state index in [-0.39, 0.29) is 18.4 Å². The van der Waals surface area contributed by atoms with Crippen molar-refractivity contribution in [2.45, 2.75) is 19.1 Å². The number of ether oxygens (including phenoxy) is 1. The van der Waals surface area contributed by atoms with Gasteiger partial charge in [0.05, 0.1) is 13.1 Å². The molecule has 1 aromatic heterocycles. The van der Waals surface area contributed by atoms with Gasteiger partial charge in [-0.25, -0.2) is 9.18 Å². The lowest BCUT2D eigenvalue weighted by atomic mass is 9.95. The topological polar surface area (TPSA) is 50.4 Å². The van der Waals surface area contributed by atoms with E-state index >= 15 is 0 Å². The molecule has 0 saturated heterocycles. The minimum absolute atomic E-state index is 0.167. The summed E-state index contributed by atoms with van der Waals surface area (Å²) in [4.78, 5) is 12.9. The van der Waals surface area contributed by atoms with Gasteiger partial charge in [-0.1, -0.05) is 24.3 Å². The molecule has 0 aliphatic rings. The van der Waals surface area contributed by atoms with Crippen LogP contribution < -0.4 is 10.6 Å². The average Bonchev–Trinajstić information content (AvgIpc) is 3.04. The first-order chi connectivity index (χ1) is 10.5. The number of rotatable bonds is 6. The highest BCUT2D eigenvalue weighted by Gasteiger charge is 2.29. The Hall–Kier alpha value is -1.92. The summed E-state index contributed by atoms with van der Waals surface area (Å²) in [5, 5.41) is 7.44. The standard InChI is InChI=1S/C16H19FN2O2S/c1-16(21-2,13-7-3-4-8-14(13)17)11-19-15(20)18-10-12-6-5-9-22-12/h3-9H,10-11H2,1-2H3,(H2,18,19,20)/t16-/m1/s1. The smallest absolute Gasteiger partial charge is 0.315 e. The van der Waals surface area contributed by atoms with Crippen LogP contribution in [0.15, 0.2) is 41.8 Å². The molecule has 0 unspecified atom stereocenters. The second kappa shape index (κ2) is 7.38. The quantitative estimate of drug-likeness (QED) is 0.858. The summed E-state index contributed by atoms with van der Waals surface area (Å²) in [7, 11) is 1.50. The number of thiophene rings is 1. The maximum atomic E-state index is 13.9. The van der Waals surface area contributed by atoms with Crippen LogP contribution in [-0.2, 0) is 16.9 Å². The fraction of sp³-hybridized carbons (Fsp3) is 0.312. The molecule has 1 atom stereocenters. The van der Waals surface area contributed by atoms with Crippen molar-refractivity contribution in [2.75, 3.05) is 13.7 Å². The van der Waals surface area contributed by atoms with Crippen LogP contribution in [0, 0.1) is 5.82 Å². The third-order valence-electron chi connectivity index (χ3n) is 3.48. The Kier molecular flexibility index (Phi) is 5.51. The van der Waals surface area contributed by atoms with Crippen molar-refractivity contribution in [3.05, 3.63) is 58.0 Å². The zero-order chi connectivity index (χ0) is 16.0. The average molecular weight is 322 g/mol. The third kappa shape index (κ3) is 4.05. The lowest BCUT2D eigenvalue weighted by Gasteiger charge is -2.29. The number of amides is 2. The molecule has 0 aliphatic carbocycles. The minimum atomic E-state index is -0.925. The van der Waals surface area contributed by atoms with E-state index in [1.807, 2.05) is 17.5 Å². The molecule has 6 heteroatoms. The van der Waals surface area contributed by atoms with Crippen molar-refractivity contribution >= 4 is 17.4 Å². The van der Waals surface area contributed by atoms with Crippen molar-refractivity contribution in [1.29, 1.82) is 0 Å². The first-order valence-corrected chi connectivity index (χ1v) is 7.77. The van der Waals surface area contributed by atoms with E-state index < -0.39 is 5.60 Å². The van der Waals surface area contributed by atoms with Crippen LogP contribution in [-0.4, -0.2) is 19.7 Å². The molecule has 1 aromatic carbocycles. The summed E-state index contributed by atoms with van der Waals surface area (Å²) in [5.74, 6) is -0.354. The van der Waals surface area contributed by atoms with Crippen LogP contribution in [0.2, 0.25) is 0 Å². The summed E-state index contributed by atoms with van der Waals surface area (Å²) in [6.45, 7) is 2.37.